The number of nitrogens with zero attached hydrogens (tertiary/aromatic N) is 5. The standard InChI is InChI=1S/C16H19N5O2S/c1-12(23-13-5-3-2-4-6-13)15-19-21-14(17-18-16(21)24-15)11-20-7-9-22-10-8-20/h2-6,12H,7-11H2,1H3/t12-/m1/s1. The highest BCUT2D eigenvalue weighted by atomic mass is 32.1. The first kappa shape index (κ1) is 15.5. The fourth-order valence-corrected chi connectivity index (χ4v) is 3.49. The average molecular weight is 345 g/mol. The van der Waals surface area contributed by atoms with Gasteiger partial charge in [0.2, 0.25) is 4.96 Å². The zero-order chi connectivity index (χ0) is 16.4. The predicted octanol–water partition coefficient (Wildman–Crippen LogP) is 2.16. The molecule has 0 saturated carbocycles. The van der Waals surface area contributed by atoms with Crippen LogP contribution in [0.15, 0.2) is 30.3 Å². The van der Waals surface area contributed by atoms with E-state index in [1.807, 2.05) is 41.8 Å². The van der Waals surface area contributed by atoms with Crippen LogP contribution in [0.2, 0.25) is 0 Å². The Balaban J connectivity index is 1.50. The van der Waals surface area contributed by atoms with Gasteiger partial charge in [-0.25, -0.2) is 0 Å². The minimum Gasteiger partial charge on any atom is -0.483 e. The second-order valence-electron chi connectivity index (χ2n) is 5.71. The number of morpholine rings is 1. The first-order valence-electron chi connectivity index (χ1n) is 8.02. The predicted molar refractivity (Wildman–Crippen MR) is 90.2 cm³/mol. The molecule has 1 fully saturated rings. The van der Waals surface area contributed by atoms with Gasteiger partial charge in [-0.3, -0.25) is 4.90 Å². The molecule has 1 atom stereocenters. The maximum atomic E-state index is 5.95. The molecule has 0 amide bonds. The number of hydrogen-bond donors (Lipinski definition) is 0. The number of rotatable bonds is 5. The van der Waals surface area contributed by atoms with E-state index in [4.69, 9.17) is 9.47 Å². The minimum absolute atomic E-state index is 0.129. The summed E-state index contributed by atoms with van der Waals surface area (Å²) in [6.07, 6.45) is -0.129. The molecule has 24 heavy (non-hydrogen) atoms. The van der Waals surface area contributed by atoms with Crippen molar-refractivity contribution in [3.8, 4) is 5.75 Å². The highest BCUT2D eigenvalue weighted by molar-refractivity contribution is 7.16. The van der Waals surface area contributed by atoms with Crippen LogP contribution in [0, 0.1) is 0 Å². The van der Waals surface area contributed by atoms with Gasteiger partial charge in [0.25, 0.3) is 0 Å². The molecule has 7 nitrogen and oxygen atoms in total. The van der Waals surface area contributed by atoms with Crippen molar-refractivity contribution in [2.24, 2.45) is 0 Å². The van der Waals surface area contributed by atoms with Crippen molar-refractivity contribution in [3.63, 3.8) is 0 Å². The van der Waals surface area contributed by atoms with Gasteiger partial charge in [-0.05, 0) is 19.1 Å². The van der Waals surface area contributed by atoms with E-state index >= 15 is 0 Å². The maximum absolute atomic E-state index is 5.95. The van der Waals surface area contributed by atoms with E-state index in [2.05, 4.69) is 20.2 Å². The van der Waals surface area contributed by atoms with E-state index in [0.717, 1.165) is 54.4 Å². The van der Waals surface area contributed by atoms with Crippen LogP contribution < -0.4 is 4.74 Å². The van der Waals surface area contributed by atoms with Crippen molar-refractivity contribution in [1.29, 1.82) is 0 Å². The first-order valence-corrected chi connectivity index (χ1v) is 8.84. The van der Waals surface area contributed by atoms with Crippen molar-refractivity contribution in [1.82, 2.24) is 24.7 Å². The summed E-state index contributed by atoms with van der Waals surface area (Å²) in [5.74, 6) is 1.70. The molecule has 0 N–H and O–H groups in total. The summed E-state index contributed by atoms with van der Waals surface area (Å²) in [5, 5.41) is 14.1. The molecule has 1 aromatic carbocycles. The third kappa shape index (κ3) is 3.26. The van der Waals surface area contributed by atoms with Crippen LogP contribution in [0.4, 0.5) is 0 Å². The topological polar surface area (TPSA) is 64.8 Å². The van der Waals surface area contributed by atoms with Crippen LogP contribution in [-0.4, -0.2) is 51.0 Å². The second-order valence-corrected chi connectivity index (χ2v) is 6.70. The third-order valence-corrected chi connectivity index (χ3v) is 5.00. The molecule has 0 bridgehead atoms. The van der Waals surface area contributed by atoms with Crippen molar-refractivity contribution < 1.29 is 9.47 Å². The molecule has 0 aliphatic carbocycles. The Kier molecular flexibility index (Phi) is 4.42. The summed E-state index contributed by atoms with van der Waals surface area (Å²) < 4.78 is 13.2. The van der Waals surface area contributed by atoms with E-state index < -0.39 is 0 Å². The molecule has 0 unspecified atom stereocenters. The van der Waals surface area contributed by atoms with Gasteiger partial charge in [0, 0.05) is 13.1 Å². The number of aromatic nitrogens is 4. The van der Waals surface area contributed by atoms with Crippen LogP contribution in [-0.2, 0) is 11.3 Å². The molecule has 0 radical (unpaired) electrons. The molecule has 8 heteroatoms. The molecule has 0 spiro atoms. The zero-order valence-electron chi connectivity index (χ0n) is 13.5. The van der Waals surface area contributed by atoms with Crippen molar-refractivity contribution in [2.75, 3.05) is 26.3 Å². The lowest BCUT2D eigenvalue weighted by Crippen LogP contribution is -2.36. The van der Waals surface area contributed by atoms with Crippen molar-refractivity contribution >= 4 is 16.3 Å². The Hall–Kier alpha value is -2.03. The molecule has 1 aliphatic rings. The van der Waals surface area contributed by atoms with Gasteiger partial charge in [0.05, 0.1) is 19.8 Å². The lowest BCUT2D eigenvalue weighted by Gasteiger charge is -2.25. The normalized spacial score (nSPS) is 17.2. The van der Waals surface area contributed by atoms with Gasteiger partial charge in [0.15, 0.2) is 10.8 Å². The number of benzene rings is 1. The van der Waals surface area contributed by atoms with E-state index in [0.29, 0.717) is 0 Å². The van der Waals surface area contributed by atoms with Crippen LogP contribution in [0.3, 0.4) is 0 Å². The Morgan fingerprint density at radius 3 is 2.79 bits per heavy atom. The number of hydrogen-bond acceptors (Lipinski definition) is 7. The average Bonchev–Trinajstić information content (AvgIpc) is 3.19. The second kappa shape index (κ2) is 6.84. The summed E-state index contributed by atoms with van der Waals surface area (Å²) in [5.41, 5.74) is 0. The van der Waals surface area contributed by atoms with Gasteiger partial charge >= 0.3 is 0 Å². The van der Waals surface area contributed by atoms with E-state index in [-0.39, 0.29) is 6.10 Å². The summed E-state index contributed by atoms with van der Waals surface area (Å²) in [7, 11) is 0. The Morgan fingerprint density at radius 1 is 1.21 bits per heavy atom. The molecular weight excluding hydrogens is 326 g/mol. The number of para-hydroxylation sites is 1. The van der Waals surface area contributed by atoms with Gasteiger partial charge in [-0.1, -0.05) is 29.5 Å². The van der Waals surface area contributed by atoms with Gasteiger partial charge < -0.3 is 9.47 Å². The molecule has 2 aromatic heterocycles. The molecule has 4 rings (SSSR count). The molecule has 1 aliphatic heterocycles. The van der Waals surface area contributed by atoms with E-state index in [1.54, 1.807) is 0 Å². The van der Waals surface area contributed by atoms with Crippen LogP contribution in [0.5, 0.6) is 5.75 Å². The summed E-state index contributed by atoms with van der Waals surface area (Å²) in [6, 6.07) is 9.78. The van der Waals surface area contributed by atoms with Crippen LogP contribution >= 0.6 is 11.3 Å². The van der Waals surface area contributed by atoms with Crippen LogP contribution in [0.25, 0.3) is 4.96 Å². The maximum Gasteiger partial charge on any atom is 0.234 e. The van der Waals surface area contributed by atoms with E-state index in [9.17, 15) is 0 Å². The Morgan fingerprint density at radius 2 is 2.00 bits per heavy atom. The highest BCUT2D eigenvalue weighted by Crippen LogP contribution is 2.25. The quantitative estimate of drug-likeness (QED) is 0.706. The first-order chi connectivity index (χ1) is 11.8. The Labute approximate surface area is 143 Å². The number of fused-ring (bicyclic) bond motifs is 1. The fourth-order valence-electron chi connectivity index (χ4n) is 2.65. The van der Waals surface area contributed by atoms with Gasteiger partial charge in [-0.2, -0.15) is 9.61 Å². The third-order valence-electron chi connectivity index (χ3n) is 3.94. The van der Waals surface area contributed by atoms with Crippen molar-refractivity contribution in [2.45, 2.75) is 19.6 Å². The molecule has 3 aromatic rings. The highest BCUT2D eigenvalue weighted by Gasteiger charge is 2.19. The summed E-state index contributed by atoms with van der Waals surface area (Å²) >= 11 is 1.52. The van der Waals surface area contributed by atoms with Crippen molar-refractivity contribution in [3.05, 3.63) is 41.2 Å². The molecular formula is C16H19N5O2S. The van der Waals surface area contributed by atoms with Gasteiger partial charge in [-0.15, -0.1) is 10.2 Å². The molecule has 126 valence electrons. The lowest BCUT2D eigenvalue weighted by atomic mass is 10.3. The SMILES string of the molecule is C[C@@H](Oc1ccccc1)c1nn2c(CN3CCOCC3)nnc2s1. The minimum atomic E-state index is -0.129. The largest absolute Gasteiger partial charge is 0.483 e. The summed E-state index contributed by atoms with van der Waals surface area (Å²) in [6.45, 7) is 6.11. The Bertz CT molecular complexity index is 797. The lowest BCUT2D eigenvalue weighted by molar-refractivity contribution is 0.0328. The van der Waals surface area contributed by atoms with Gasteiger partial charge in [0.1, 0.15) is 11.9 Å². The van der Waals surface area contributed by atoms with E-state index in [1.165, 1.54) is 11.3 Å². The molecule has 1 saturated heterocycles. The summed E-state index contributed by atoms with van der Waals surface area (Å²) in [4.78, 5) is 3.11. The smallest absolute Gasteiger partial charge is 0.234 e. The molecule has 3 heterocycles. The monoisotopic (exact) mass is 345 g/mol. The number of ether oxygens (including phenoxy) is 2. The fraction of sp³-hybridized carbons (Fsp3) is 0.438. The zero-order valence-corrected chi connectivity index (χ0v) is 14.3. The van der Waals surface area contributed by atoms with Crippen LogP contribution in [0.1, 0.15) is 23.9 Å².